The maximum Gasteiger partial charge on any atom is 0.112 e. The number of pyridine rings is 2. The summed E-state index contributed by atoms with van der Waals surface area (Å²) in [6.07, 6.45) is 5.67. The van der Waals surface area contributed by atoms with Gasteiger partial charge >= 0.3 is 0 Å². The zero-order valence-corrected chi connectivity index (χ0v) is 13.5. The first kappa shape index (κ1) is 15.2. The van der Waals surface area contributed by atoms with Gasteiger partial charge in [0.15, 0.2) is 0 Å². The molecule has 2 aromatic rings. The fraction of sp³-hybridized carbons (Fsp3) is 0.467. The number of anilines is 1. The molecule has 0 aliphatic heterocycles. The summed E-state index contributed by atoms with van der Waals surface area (Å²) in [6, 6.07) is 4.35. The molecule has 0 aliphatic carbocycles. The minimum atomic E-state index is 0.136. The van der Waals surface area contributed by atoms with E-state index in [0.29, 0.717) is 12.6 Å². The van der Waals surface area contributed by atoms with E-state index in [1.807, 2.05) is 12.1 Å². The highest BCUT2D eigenvalue weighted by Crippen LogP contribution is 2.28. The van der Waals surface area contributed by atoms with E-state index in [0.717, 1.165) is 34.0 Å². The molecule has 0 atom stereocenters. The number of halogens is 1. The lowest BCUT2D eigenvalue weighted by Gasteiger charge is -2.32. The van der Waals surface area contributed by atoms with Crippen LogP contribution in [0.25, 0.3) is 11.0 Å². The van der Waals surface area contributed by atoms with Crippen molar-refractivity contribution < 1.29 is 5.11 Å². The summed E-state index contributed by atoms with van der Waals surface area (Å²) in [6.45, 7) is 5.10. The van der Waals surface area contributed by atoms with Crippen molar-refractivity contribution in [1.82, 2.24) is 9.97 Å². The van der Waals surface area contributed by atoms with Crippen molar-refractivity contribution in [3.63, 3.8) is 0 Å². The summed E-state index contributed by atoms with van der Waals surface area (Å²) in [5, 5.41) is 9.37. The predicted molar refractivity (Wildman–Crippen MR) is 86.0 cm³/mol. The Hall–Kier alpha value is -1.20. The second-order valence-electron chi connectivity index (χ2n) is 4.74. The molecule has 0 fully saturated rings. The smallest absolute Gasteiger partial charge is 0.112 e. The predicted octanol–water partition coefficient (Wildman–Crippen LogP) is 3.38. The summed E-state index contributed by atoms with van der Waals surface area (Å²) < 4.78 is 0.922. The fourth-order valence-electron chi connectivity index (χ4n) is 2.56. The molecule has 20 heavy (non-hydrogen) atoms. The van der Waals surface area contributed by atoms with Crippen LogP contribution in [-0.2, 0) is 0 Å². The van der Waals surface area contributed by atoms with Gasteiger partial charge < -0.3 is 10.0 Å². The average Bonchev–Trinajstić information content (AvgIpc) is 2.46. The molecule has 0 amide bonds. The minimum Gasteiger partial charge on any atom is -0.395 e. The third-order valence-corrected chi connectivity index (χ3v) is 3.99. The van der Waals surface area contributed by atoms with Crippen LogP contribution in [0.4, 0.5) is 5.69 Å². The minimum absolute atomic E-state index is 0.136. The highest BCUT2D eigenvalue weighted by molar-refractivity contribution is 9.10. The summed E-state index contributed by atoms with van der Waals surface area (Å²) in [5.74, 6) is 0. The Kier molecular flexibility index (Phi) is 5.31. The van der Waals surface area contributed by atoms with Crippen LogP contribution in [-0.4, -0.2) is 34.3 Å². The highest BCUT2D eigenvalue weighted by atomic mass is 79.9. The molecule has 108 valence electrons. The molecule has 2 rings (SSSR count). The molecule has 0 radical (unpaired) electrons. The Morgan fingerprint density at radius 2 is 2.05 bits per heavy atom. The van der Waals surface area contributed by atoms with E-state index in [1.54, 1.807) is 12.4 Å². The van der Waals surface area contributed by atoms with Gasteiger partial charge in [-0.1, -0.05) is 13.8 Å². The Morgan fingerprint density at radius 1 is 1.30 bits per heavy atom. The van der Waals surface area contributed by atoms with Crippen molar-refractivity contribution in [2.75, 3.05) is 18.1 Å². The first-order valence-corrected chi connectivity index (χ1v) is 7.78. The number of aliphatic hydroxyl groups is 1. The van der Waals surface area contributed by atoms with Gasteiger partial charge in [0.2, 0.25) is 0 Å². The summed E-state index contributed by atoms with van der Waals surface area (Å²) in [4.78, 5) is 11.1. The molecule has 5 heteroatoms. The van der Waals surface area contributed by atoms with Gasteiger partial charge in [-0.15, -0.1) is 0 Å². The summed E-state index contributed by atoms with van der Waals surface area (Å²) in [5.41, 5.74) is 2.80. The maximum atomic E-state index is 9.37. The Labute approximate surface area is 128 Å². The Balaban J connectivity index is 2.52. The number of hydrogen-bond donors (Lipinski definition) is 1. The number of fused-ring (bicyclic) bond motifs is 1. The van der Waals surface area contributed by atoms with Crippen LogP contribution in [0.2, 0.25) is 0 Å². The fourth-order valence-corrected chi connectivity index (χ4v) is 2.88. The second kappa shape index (κ2) is 6.99. The van der Waals surface area contributed by atoms with E-state index >= 15 is 0 Å². The van der Waals surface area contributed by atoms with Crippen molar-refractivity contribution in [2.24, 2.45) is 0 Å². The van der Waals surface area contributed by atoms with Crippen molar-refractivity contribution >= 4 is 32.7 Å². The third-order valence-electron chi connectivity index (χ3n) is 3.56. The quantitative estimate of drug-likeness (QED) is 0.877. The highest BCUT2D eigenvalue weighted by Gasteiger charge is 2.18. The van der Waals surface area contributed by atoms with Crippen LogP contribution in [0.3, 0.4) is 0 Å². The van der Waals surface area contributed by atoms with Gasteiger partial charge in [0.05, 0.1) is 17.8 Å². The molecule has 0 aromatic carbocycles. The van der Waals surface area contributed by atoms with Gasteiger partial charge in [-0.25, -0.2) is 0 Å². The largest absolute Gasteiger partial charge is 0.395 e. The SMILES string of the molecule is CCC(CC)N(CCO)c1ccnc2cc(Br)cnc12. The van der Waals surface area contributed by atoms with Crippen molar-refractivity contribution in [3.8, 4) is 0 Å². The van der Waals surface area contributed by atoms with Crippen LogP contribution in [0.15, 0.2) is 29.0 Å². The molecule has 0 bridgehead atoms. The third kappa shape index (κ3) is 3.10. The molecule has 4 nitrogen and oxygen atoms in total. The average molecular weight is 338 g/mol. The lowest BCUT2D eigenvalue weighted by Crippen LogP contribution is -2.37. The maximum absolute atomic E-state index is 9.37. The monoisotopic (exact) mass is 337 g/mol. The molecule has 0 unspecified atom stereocenters. The molecule has 0 spiro atoms. The molecule has 0 aliphatic rings. The van der Waals surface area contributed by atoms with Gasteiger partial charge in [-0.3, -0.25) is 9.97 Å². The number of nitrogens with zero attached hydrogens (tertiary/aromatic N) is 3. The van der Waals surface area contributed by atoms with E-state index in [9.17, 15) is 5.11 Å². The lowest BCUT2D eigenvalue weighted by molar-refractivity contribution is 0.296. The van der Waals surface area contributed by atoms with Crippen LogP contribution >= 0.6 is 15.9 Å². The number of aromatic nitrogens is 2. The summed E-state index contributed by atoms with van der Waals surface area (Å²) >= 11 is 3.42. The van der Waals surface area contributed by atoms with E-state index in [2.05, 4.69) is 44.6 Å². The summed E-state index contributed by atoms with van der Waals surface area (Å²) in [7, 11) is 0. The molecular weight excluding hydrogens is 318 g/mol. The van der Waals surface area contributed by atoms with Gasteiger partial charge in [0.1, 0.15) is 5.52 Å². The van der Waals surface area contributed by atoms with Crippen LogP contribution in [0.1, 0.15) is 26.7 Å². The van der Waals surface area contributed by atoms with Gasteiger partial charge in [0.25, 0.3) is 0 Å². The first-order chi connectivity index (χ1) is 9.71. The van der Waals surface area contributed by atoms with Crippen molar-refractivity contribution in [3.05, 3.63) is 29.0 Å². The zero-order valence-electron chi connectivity index (χ0n) is 11.9. The van der Waals surface area contributed by atoms with Crippen LogP contribution < -0.4 is 4.90 Å². The van der Waals surface area contributed by atoms with Crippen molar-refractivity contribution in [2.45, 2.75) is 32.7 Å². The van der Waals surface area contributed by atoms with E-state index < -0.39 is 0 Å². The standard InChI is InChI=1S/C15H20BrN3O/c1-3-12(4-2)19(7-8-20)14-5-6-17-13-9-11(16)10-18-15(13)14/h5-6,9-10,12,20H,3-4,7-8H2,1-2H3. The van der Waals surface area contributed by atoms with Gasteiger partial charge in [-0.2, -0.15) is 0 Å². The van der Waals surface area contributed by atoms with E-state index in [-0.39, 0.29) is 6.61 Å². The second-order valence-corrected chi connectivity index (χ2v) is 5.65. The lowest BCUT2D eigenvalue weighted by atomic mass is 10.1. The van der Waals surface area contributed by atoms with Crippen LogP contribution in [0, 0.1) is 0 Å². The van der Waals surface area contributed by atoms with Gasteiger partial charge in [0, 0.05) is 29.5 Å². The van der Waals surface area contributed by atoms with Crippen molar-refractivity contribution in [1.29, 1.82) is 0 Å². The molecule has 2 heterocycles. The molecule has 2 aromatic heterocycles. The van der Waals surface area contributed by atoms with Crippen LogP contribution in [0.5, 0.6) is 0 Å². The topological polar surface area (TPSA) is 49.2 Å². The molecule has 1 N–H and O–H groups in total. The zero-order chi connectivity index (χ0) is 14.5. The van der Waals surface area contributed by atoms with E-state index in [1.165, 1.54) is 0 Å². The number of aliphatic hydroxyl groups excluding tert-OH is 1. The molecule has 0 saturated heterocycles. The molecular formula is C15H20BrN3O. The Bertz CT molecular complexity index is 572. The van der Waals surface area contributed by atoms with Gasteiger partial charge in [-0.05, 0) is 40.9 Å². The van der Waals surface area contributed by atoms with E-state index in [4.69, 9.17) is 0 Å². The number of hydrogen-bond acceptors (Lipinski definition) is 4. The Morgan fingerprint density at radius 3 is 2.70 bits per heavy atom. The normalized spacial score (nSPS) is 11.2. The molecule has 0 saturated carbocycles. The first-order valence-electron chi connectivity index (χ1n) is 6.99. The number of rotatable bonds is 6.